The molecule has 2 heterocycles. The minimum Gasteiger partial charge on any atom is -0.394 e. The Balaban J connectivity index is 2.24. The molecule has 0 amide bonds. The van der Waals surface area contributed by atoms with Gasteiger partial charge in [0, 0.05) is 12.6 Å². The normalized spacial score (nSPS) is 29.5. The van der Waals surface area contributed by atoms with Crippen molar-refractivity contribution in [1.82, 2.24) is 9.55 Å². The van der Waals surface area contributed by atoms with Crippen LogP contribution < -0.4 is 17.2 Å². The summed E-state index contributed by atoms with van der Waals surface area (Å²) < 4.78 is 6.68. The highest BCUT2D eigenvalue weighted by Crippen LogP contribution is 2.27. The molecule has 1 aromatic heterocycles. The molecule has 1 aliphatic heterocycles. The van der Waals surface area contributed by atoms with Gasteiger partial charge in [-0.3, -0.25) is 4.57 Å². The van der Waals surface area contributed by atoms with Crippen LogP contribution in [0.1, 0.15) is 12.6 Å². The SMILES string of the molecule is Nc1ccn([C@H]2C[C@](N)(CO)CO2)c(=O)n1. The van der Waals surface area contributed by atoms with Crippen LogP contribution in [0.15, 0.2) is 17.1 Å². The first-order valence-electron chi connectivity index (χ1n) is 4.90. The van der Waals surface area contributed by atoms with Gasteiger partial charge in [-0.1, -0.05) is 0 Å². The van der Waals surface area contributed by atoms with E-state index in [0.29, 0.717) is 6.42 Å². The Hall–Kier alpha value is -1.44. The predicted molar refractivity (Wildman–Crippen MR) is 56.5 cm³/mol. The van der Waals surface area contributed by atoms with Crippen LogP contribution in [0, 0.1) is 0 Å². The van der Waals surface area contributed by atoms with E-state index in [9.17, 15) is 4.79 Å². The lowest BCUT2D eigenvalue weighted by Gasteiger charge is -2.18. The molecular formula is C9H14N4O3. The molecule has 7 nitrogen and oxygen atoms in total. The smallest absolute Gasteiger partial charge is 0.351 e. The highest BCUT2D eigenvalue weighted by atomic mass is 16.5. The fraction of sp³-hybridized carbons (Fsp3) is 0.556. The minimum absolute atomic E-state index is 0.167. The topological polar surface area (TPSA) is 116 Å². The molecule has 7 heteroatoms. The average molecular weight is 226 g/mol. The van der Waals surface area contributed by atoms with Gasteiger partial charge in [-0.05, 0) is 6.07 Å². The summed E-state index contributed by atoms with van der Waals surface area (Å²) in [7, 11) is 0. The number of hydrogen-bond donors (Lipinski definition) is 3. The lowest BCUT2D eigenvalue weighted by atomic mass is 10.0. The van der Waals surface area contributed by atoms with Crippen molar-refractivity contribution < 1.29 is 9.84 Å². The van der Waals surface area contributed by atoms with Crippen molar-refractivity contribution in [2.24, 2.45) is 5.73 Å². The molecular weight excluding hydrogens is 212 g/mol. The first-order valence-corrected chi connectivity index (χ1v) is 4.90. The largest absolute Gasteiger partial charge is 0.394 e. The number of rotatable bonds is 2. The maximum Gasteiger partial charge on any atom is 0.351 e. The molecule has 0 saturated carbocycles. The van der Waals surface area contributed by atoms with E-state index in [-0.39, 0.29) is 19.0 Å². The van der Waals surface area contributed by atoms with Gasteiger partial charge in [0.15, 0.2) is 0 Å². The second-order valence-electron chi connectivity index (χ2n) is 4.03. The zero-order chi connectivity index (χ0) is 11.8. The van der Waals surface area contributed by atoms with Gasteiger partial charge in [0.05, 0.1) is 18.8 Å². The van der Waals surface area contributed by atoms with Gasteiger partial charge >= 0.3 is 5.69 Å². The zero-order valence-corrected chi connectivity index (χ0v) is 8.67. The second-order valence-corrected chi connectivity index (χ2v) is 4.03. The van der Waals surface area contributed by atoms with Gasteiger partial charge in [-0.2, -0.15) is 4.98 Å². The monoisotopic (exact) mass is 226 g/mol. The molecule has 0 spiro atoms. The predicted octanol–water partition coefficient (Wildman–Crippen LogP) is -1.57. The maximum atomic E-state index is 11.5. The number of nitrogens with two attached hydrogens (primary N) is 2. The van der Waals surface area contributed by atoms with E-state index >= 15 is 0 Å². The molecule has 0 aromatic carbocycles. The Morgan fingerprint density at radius 1 is 1.75 bits per heavy atom. The van der Waals surface area contributed by atoms with Crippen LogP contribution in [0.3, 0.4) is 0 Å². The third kappa shape index (κ3) is 1.92. The lowest BCUT2D eigenvalue weighted by molar-refractivity contribution is 0.0473. The van der Waals surface area contributed by atoms with E-state index < -0.39 is 17.5 Å². The molecule has 5 N–H and O–H groups in total. The Bertz CT molecular complexity index is 447. The van der Waals surface area contributed by atoms with Crippen molar-refractivity contribution in [3.8, 4) is 0 Å². The molecule has 1 fully saturated rings. The van der Waals surface area contributed by atoms with E-state index in [1.165, 1.54) is 16.8 Å². The molecule has 2 rings (SSSR count). The minimum atomic E-state index is -0.786. The van der Waals surface area contributed by atoms with Crippen LogP contribution in [0.25, 0.3) is 0 Å². The van der Waals surface area contributed by atoms with Gasteiger partial charge in [-0.15, -0.1) is 0 Å². The quantitative estimate of drug-likeness (QED) is 0.561. The summed E-state index contributed by atoms with van der Waals surface area (Å²) in [5, 5.41) is 9.08. The Morgan fingerprint density at radius 3 is 3.06 bits per heavy atom. The third-order valence-electron chi connectivity index (χ3n) is 2.62. The van der Waals surface area contributed by atoms with Crippen LogP contribution >= 0.6 is 0 Å². The maximum absolute atomic E-state index is 11.5. The number of nitrogens with zero attached hydrogens (tertiary/aromatic N) is 2. The van der Waals surface area contributed by atoms with Crippen LogP contribution in [-0.2, 0) is 4.74 Å². The highest BCUT2D eigenvalue weighted by molar-refractivity contribution is 5.23. The van der Waals surface area contributed by atoms with Gasteiger partial charge in [0.2, 0.25) is 0 Å². The van der Waals surface area contributed by atoms with Gasteiger partial charge in [0.1, 0.15) is 12.0 Å². The summed E-state index contributed by atoms with van der Waals surface area (Å²) in [6, 6.07) is 1.51. The van der Waals surface area contributed by atoms with E-state index in [1.54, 1.807) is 0 Å². The summed E-state index contributed by atoms with van der Waals surface area (Å²) in [6.07, 6.45) is 1.39. The van der Waals surface area contributed by atoms with Crippen LogP contribution in [0.2, 0.25) is 0 Å². The summed E-state index contributed by atoms with van der Waals surface area (Å²) in [6.45, 7) is 0.0334. The molecule has 0 bridgehead atoms. The number of ether oxygens (including phenoxy) is 1. The fourth-order valence-corrected chi connectivity index (χ4v) is 1.66. The number of nitrogen functional groups attached to an aromatic ring is 1. The summed E-state index contributed by atoms with van der Waals surface area (Å²) in [5.74, 6) is 0.167. The van der Waals surface area contributed by atoms with Crippen molar-refractivity contribution in [1.29, 1.82) is 0 Å². The van der Waals surface area contributed by atoms with E-state index in [0.717, 1.165) is 0 Å². The second kappa shape index (κ2) is 3.85. The van der Waals surface area contributed by atoms with Gasteiger partial charge in [-0.25, -0.2) is 4.79 Å². The van der Waals surface area contributed by atoms with E-state index in [1.807, 2.05) is 0 Å². The molecule has 2 atom stereocenters. The number of hydrogen-bond acceptors (Lipinski definition) is 6. The van der Waals surface area contributed by atoms with E-state index in [2.05, 4.69) is 4.98 Å². The third-order valence-corrected chi connectivity index (χ3v) is 2.62. The van der Waals surface area contributed by atoms with Crippen molar-refractivity contribution in [2.75, 3.05) is 18.9 Å². The lowest BCUT2D eigenvalue weighted by Crippen LogP contribution is -2.44. The van der Waals surface area contributed by atoms with E-state index in [4.69, 9.17) is 21.3 Å². The summed E-state index contributed by atoms with van der Waals surface area (Å²) in [4.78, 5) is 15.1. The fourth-order valence-electron chi connectivity index (χ4n) is 1.66. The van der Waals surface area contributed by atoms with Crippen molar-refractivity contribution in [3.63, 3.8) is 0 Å². The number of aliphatic hydroxyl groups is 1. The highest BCUT2D eigenvalue weighted by Gasteiger charge is 2.37. The van der Waals surface area contributed by atoms with Gasteiger partial charge in [0.25, 0.3) is 0 Å². The number of anilines is 1. The van der Waals surface area contributed by atoms with Crippen molar-refractivity contribution >= 4 is 5.82 Å². The standard InChI is InChI=1S/C9H14N4O3/c10-6-1-2-13(8(15)12-6)7-3-9(11,4-14)5-16-7/h1-2,7,14H,3-5,11H2,(H2,10,12,15)/t7-,9+/m1/s1. The first kappa shape index (κ1) is 11.1. The number of aromatic nitrogens is 2. The van der Waals surface area contributed by atoms with Crippen LogP contribution in [0.5, 0.6) is 0 Å². The summed E-state index contributed by atoms with van der Waals surface area (Å²) in [5.41, 5.74) is 9.94. The Labute approximate surface area is 91.6 Å². The first-order chi connectivity index (χ1) is 7.54. The molecule has 0 radical (unpaired) electrons. The molecule has 88 valence electrons. The average Bonchev–Trinajstić information content (AvgIpc) is 2.62. The molecule has 1 saturated heterocycles. The molecule has 1 aromatic rings. The number of aliphatic hydroxyl groups excluding tert-OH is 1. The molecule has 16 heavy (non-hydrogen) atoms. The molecule has 1 aliphatic rings. The molecule has 0 unspecified atom stereocenters. The van der Waals surface area contributed by atoms with Crippen LogP contribution in [0.4, 0.5) is 5.82 Å². The van der Waals surface area contributed by atoms with Crippen molar-refractivity contribution in [2.45, 2.75) is 18.2 Å². The van der Waals surface area contributed by atoms with Crippen LogP contribution in [-0.4, -0.2) is 33.4 Å². The summed E-state index contributed by atoms with van der Waals surface area (Å²) >= 11 is 0. The zero-order valence-electron chi connectivity index (χ0n) is 8.67. The van der Waals surface area contributed by atoms with Crippen molar-refractivity contribution in [3.05, 3.63) is 22.7 Å². The van der Waals surface area contributed by atoms with Gasteiger partial charge < -0.3 is 21.3 Å². The molecule has 0 aliphatic carbocycles. The Morgan fingerprint density at radius 2 is 2.50 bits per heavy atom. The Kier molecular flexibility index (Phi) is 2.66.